The van der Waals surface area contributed by atoms with Crippen molar-refractivity contribution in [2.75, 3.05) is 18.5 Å². The number of benzene rings is 2. The van der Waals surface area contributed by atoms with Crippen molar-refractivity contribution in [2.24, 2.45) is 5.92 Å². The van der Waals surface area contributed by atoms with E-state index in [1.165, 1.54) is 5.56 Å². The van der Waals surface area contributed by atoms with Crippen molar-refractivity contribution in [3.8, 4) is 5.75 Å². The van der Waals surface area contributed by atoms with Crippen LogP contribution in [-0.4, -0.2) is 25.1 Å². The second-order valence-corrected chi connectivity index (χ2v) is 7.13. The molecular weight excluding hydrogens is 354 g/mol. The van der Waals surface area contributed by atoms with Crippen molar-refractivity contribution in [3.63, 3.8) is 0 Å². The number of esters is 1. The van der Waals surface area contributed by atoms with Gasteiger partial charge < -0.3 is 14.8 Å². The predicted octanol–water partition coefficient (Wildman–Crippen LogP) is 4.86. The van der Waals surface area contributed by atoms with Gasteiger partial charge in [-0.25, -0.2) is 4.79 Å². The normalized spacial score (nSPS) is 10.6. The van der Waals surface area contributed by atoms with Gasteiger partial charge in [0.2, 0.25) is 0 Å². The highest BCUT2D eigenvalue weighted by Gasteiger charge is 2.09. The van der Waals surface area contributed by atoms with Gasteiger partial charge in [0, 0.05) is 5.69 Å². The predicted molar refractivity (Wildman–Crippen MR) is 111 cm³/mol. The van der Waals surface area contributed by atoms with Gasteiger partial charge in [0.05, 0.1) is 12.2 Å². The van der Waals surface area contributed by atoms with E-state index in [2.05, 4.69) is 26.1 Å². The summed E-state index contributed by atoms with van der Waals surface area (Å²) < 4.78 is 10.7. The molecule has 28 heavy (non-hydrogen) atoms. The SMILES string of the molecule is CCCc1ccc(OCC(=O)Nc2ccc(C(=O)OCCC(C)C)cc2)cc1. The van der Waals surface area contributed by atoms with Crippen LogP contribution in [0.15, 0.2) is 48.5 Å². The van der Waals surface area contributed by atoms with Crippen LogP contribution in [0.25, 0.3) is 0 Å². The van der Waals surface area contributed by atoms with Crippen LogP contribution in [0, 0.1) is 5.92 Å². The summed E-state index contributed by atoms with van der Waals surface area (Å²) >= 11 is 0. The summed E-state index contributed by atoms with van der Waals surface area (Å²) in [4.78, 5) is 24.0. The van der Waals surface area contributed by atoms with Gasteiger partial charge in [-0.2, -0.15) is 0 Å². The monoisotopic (exact) mass is 383 g/mol. The lowest BCUT2D eigenvalue weighted by molar-refractivity contribution is -0.118. The first-order chi connectivity index (χ1) is 13.5. The lowest BCUT2D eigenvalue weighted by Gasteiger charge is -2.09. The van der Waals surface area contributed by atoms with Gasteiger partial charge in [-0.15, -0.1) is 0 Å². The Morgan fingerprint density at radius 2 is 1.68 bits per heavy atom. The summed E-state index contributed by atoms with van der Waals surface area (Å²) in [5, 5.41) is 2.75. The van der Waals surface area contributed by atoms with Crippen molar-refractivity contribution in [2.45, 2.75) is 40.0 Å². The molecule has 0 aliphatic carbocycles. The van der Waals surface area contributed by atoms with Crippen LogP contribution in [0.5, 0.6) is 5.75 Å². The van der Waals surface area contributed by atoms with E-state index >= 15 is 0 Å². The number of hydrogen-bond donors (Lipinski definition) is 1. The minimum atomic E-state index is -0.353. The maximum atomic E-state index is 12.1. The summed E-state index contributed by atoms with van der Waals surface area (Å²) in [6.45, 7) is 6.63. The number of rotatable bonds is 10. The highest BCUT2D eigenvalue weighted by Crippen LogP contribution is 2.14. The van der Waals surface area contributed by atoms with Gasteiger partial charge in [-0.1, -0.05) is 39.3 Å². The van der Waals surface area contributed by atoms with E-state index < -0.39 is 0 Å². The smallest absolute Gasteiger partial charge is 0.338 e. The summed E-state index contributed by atoms with van der Waals surface area (Å²) in [5.41, 5.74) is 2.32. The van der Waals surface area contributed by atoms with E-state index in [1.807, 2.05) is 24.3 Å². The molecule has 2 aromatic rings. The van der Waals surface area contributed by atoms with Crippen molar-refractivity contribution in [1.29, 1.82) is 0 Å². The summed E-state index contributed by atoms with van der Waals surface area (Å²) in [6, 6.07) is 14.4. The molecule has 0 spiro atoms. The molecule has 150 valence electrons. The van der Waals surface area contributed by atoms with Gasteiger partial charge in [0.15, 0.2) is 6.61 Å². The van der Waals surface area contributed by atoms with Crippen molar-refractivity contribution < 1.29 is 19.1 Å². The number of carbonyl (C=O) groups is 2. The minimum absolute atomic E-state index is 0.0773. The third-order valence-electron chi connectivity index (χ3n) is 4.16. The standard InChI is InChI=1S/C23H29NO4/c1-4-5-18-6-12-21(13-7-18)28-16-22(25)24-20-10-8-19(9-11-20)23(26)27-15-14-17(2)3/h6-13,17H,4-5,14-16H2,1-3H3,(H,24,25). The Balaban J connectivity index is 1.78. The molecule has 0 radical (unpaired) electrons. The molecule has 5 heteroatoms. The maximum absolute atomic E-state index is 12.1. The zero-order valence-corrected chi connectivity index (χ0v) is 16.9. The zero-order valence-electron chi connectivity index (χ0n) is 16.9. The fourth-order valence-electron chi connectivity index (χ4n) is 2.55. The average molecular weight is 383 g/mol. The Labute approximate surface area is 167 Å². The van der Waals surface area contributed by atoms with Crippen LogP contribution in [0.1, 0.15) is 49.5 Å². The molecule has 0 atom stereocenters. The molecule has 2 rings (SSSR count). The molecule has 0 saturated carbocycles. The molecule has 0 aliphatic heterocycles. The highest BCUT2D eigenvalue weighted by molar-refractivity contribution is 5.93. The summed E-state index contributed by atoms with van der Waals surface area (Å²) in [6.07, 6.45) is 2.96. The van der Waals surface area contributed by atoms with Crippen LogP contribution >= 0.6 is 0 Å². The number of hydrogen-bond acceptors (Lipinski definition) is 4. The van der Waals surface area contributed by atoms with Crippen LogP contribution in [0.2, 0.25) is 0 Å². The van der Waals surface area contributed by atoms with Gasteiger partial charge in [-0.3, -0.25) is 4.79 Å². The fraction of sp³-hybridized carbons (Fsp3) is 0.391. The Morgan fingerprint density at radius 3 is 2.29 bits per heavy atom. The quantitative estimate of drug-likeness (QED) is 0.595. The first-order valence-corrected chi connectivity index (χ1v) is 9.76. The average Bonchev–Trinajstić information content (AvgIpc) is 2.68. The van der Waals surface area contributed by atoms with E-state index in [0.717, 1.165) is 19.3 Å². The third-order valence-corrected chi connectivity index (χ3v) is 4.16. The Bertz CT molecular complexity index is 751. The van der Waals surface area contributed by atoms with E-state index in [-0.39, 0.29) is 18.5 Å². The number of nitrogens with one attached hydrogen (secondary N) is 1. The minimum Gasteiger partial charge on any atom is -0.484 e. The molecule has 1 amide bonds. The molecule has 2 aromatic carbocycles. The molecule has 0 heterocycles. The third kappa shape index (κ3) is 7.43. The first kappa shape index (κ1) is 21.5. The van der Waals surface area contributed by atoms with Crippen LogP contribution in [0.4, 0.5) is 5.69 Å². The molecule has 0 aliphatic rings. The van der Waals surface area contributed by atoms with E-state index in [4.69, 9.17) is 9.47 Å². The summed E-state index contributed by atoms with van der Waals surface area (Å²) in [5.74, 6) is 0.537. The van der Waals surface area contributed by atoms with Crippen molar-refractivity contribution >= 4 is 17.6 Å². The number of ether oxygens (including phenoxy) is 2. The first-order valence-electron chi connectivity index (χ1n) is 9.76. The van der Waals surface area contributed by atoms with Crippen molar-refractivity contribution in [1.82, 2.24) is 0 Å². The molecule has 0 bridgehead atoms. The molecule has 0 unspecified atom stereocenters. The van der Waals surface area contributed by atoms with Gasteiger partial charge in [-0.05, 0) is 60.7 Å². The van der Waals surface area contributed by atoms with Crippen molar-refractivity contribution in [3.05, 3.63) is 59.7 Å². The topological polar surface area (TPSA) is 64.6 Å². The molecule has 0 fully saturated rings. The van der Waals surface area contributed by atoms with E-state index in [9.17, 15) is 9.59 Å². The number of aryl methyl sites for hydroxylation is 1. The Hall–Kier alpha value is -2.82. The lowest BCUT2D eigenvalue weighted by Crippen LogP contribution is -2.20. The lowest BCUT2D eigenvalue weighted by atomic mass is 10.1. The van der Waals surface area contributed by atoms with Crippen LogP contribution < -0.4 is 10.1 Å². The maximum Gasteiger partial charge on any atom is 0.338 e. The number of carbonyl (C=O) groups excluding carboxylic acids is 2. The molecule has 0 aromatic heterocycles. The largest absolute Gasteiger partial charge is 0.484 e. The fourth-order valence-corrected chi connectivity index (χ4v) is 2.55. The van der Waals surface area contributed by atoms with Gasteiger partial charge >= 0.3 is 5.97 Å². The van der Waals surface area contributed by atoms with E-state index in [1.54, 1.807) is 24.3 Å². The Morgan fingerprint density at radius 1 is 1.00 bits per heavy atom. The van der Waals surface area contributed by atoms with Crippen LogP contribution in [-0.2, 0) is 16.0 Å². The zero-order chi connectivity index (χ0) is 20.4. The summed E-state index contributed by atoms with van der Waals surface area (Å²) in [7, 11) is 0. The highest BCUT2D eigenvalue weighted by atomic mass is 16.5. The van der Waals surface area contributed by atoms with E-state index in [0.29, 0.717) is 29.5 Å². The molecule has 1 N–H and O–H groups in total. The number of anilines is 1. The molecule has 5 nitrogen and oxygen atoms in total. The van der Waals surface area contributed by atoms with Gasteiger partial charge in [0.25, 0.3) is 5.91 Å². The van der Waals surface area contributed by atoms with Gasteiger partial charge in [0.1, 0.15) is 5.75 Å². The molecule has 0 saturated heterocycles. The molecular formula is C23H29NO4. The van der Waals surface area contributed by atoms with Crippen LogP contribution in [0.3, 0.4) is 0 Å². The number of amides is 1. The second-order valence-electron chi connectivity index (χ2n) is 7.13. The second kappa shape index (κ2) is 11.1. The Kier molecular flexibility index (Phi) is 8.53.